The summed E-state index contributed by atoms with van der Waals surface area (Å²) < 4.78 is 0. The number of amides is 1. The summed E-state index contributed by atoms with van der Waals surface area (Å²) in [6.07, 6.45) is 0.546. The van der Waals surface area contributed by atoms with Crippen molar-refractivity contribution in [3.05, 3.63) is 37.3 Å². The largest absolute Gasteiger partial charge is 0.372 e. The molecule has 0 aromatic heterocycles. The van der Waals surface area contributed by atoms with Gasteiger partial charge < -0.3 is 17.4 Å². The number of fused-ring (bicyclic) bond motifs is 1. The van der Waals surface area contributed by atoms with Gasteiger partial charge in [-0.15, -0.1) is 0 Å². The number of hydrogen-bond donors (Lipinski definition) is 1. The fourth-order valence-electron chi connectivity index (χ4n) is 3.70. The summed E-state index contributed by atoms with van der Waals surface area (Å²) in [5.41, 5.74) is 0.220. The molecule has 3 nitrogen and oxygen atoms in total. The average Bonchev–Trinajstić information content (AvgIpc) is 2.57. The minimum atomic E-state index is -1.37. The molecule has 0 radical (unpaired) electrons. The molecule has 2 rings (SSSR count). The number of carbonyl (C=O) groups excluding carboxylic acids is 1. The summed E-state index contributed by atoms with van der Waals surface area (Å²) in [4.78, 5) is 14.4. The Morgan fingerprint density at radius 2 is 1.54 bits per heavy atom. The summed E-state index contributed by atoms with van der Waals surface area (Å²) in [5, 5.41) is 11.5. The Hall–Kier alpha value is -0.426. The van der Waals surface area contributed by atoms with Crippen LogP contribution in [0.4, 0.5) is 5.69 Å². The van der Waals surface area contributed by atoms with E-state index in [1.807, 2.05) is 24.3 Å². The fraction of sp³-hybridized carbons (Fsp3) is 0.579. The van der Waals surface area contributed by atoms with Gasteiger partial charge in [-0.1, -0.05) is 18.2 Å². The molecule has 140 valence electrons. The Morgan fingerprint density at radius 3 is 2.00 bits per heavy atom. The van der Waals surface area contributed by atoms with E-state index in [-0.39, 0.29) is 40.1 Å². The molecule has 1 aromatic carbocycles. The molecule has 0 saturated carbocycles. The molecule has 24 heavy (non-hydrogen) atoms. The number of aliphatic hydroxyl groups is 1. The van der Waals surface area contributed by atoms with E-state index in [0.717, 1.165) is 11.3 Å². The third kappa shape index (κ3) is 4.03. The number of carbonyl (C=O) groups is 1. The Kier molecular flexibility index (Phi) is 7.31. The van der Waals surface area contributed by atoms with Crippen molar-refractivity contribution in [2.75, 3.05) is 18.1 Å². The van der Waals surface area contributed by atoms with Crippen molar-refractivity contribution in [1.82, 2.24) is 0 Å². The standard InChI is InChI=1S/C18H28NO2P.CH3.Ni/c1-16(2,3)22(17(4,5)6)12-18(21)13-10-8-9-11-14(13)19(7)15(18)20;;/h8-11,21H,12H2,1-7H3;1H3;/q;-1;/p+1. The van der Waals surface area contributed by atoms with Crippen LogP contribution in [-0.2, 0) is 26.9 Å². The van der Waals surface area contributed by atoms with Gasteiger partial charge in [0.05, 0.1) is 16.0 Å². The van der Waals surface area contributed by atoms with Gasteiger partial charge in [-0.25, -0.2) is 0 Å². The predicted octanol–water partition coefficient (Wildman–Crippen LogP) is 4.11. The second kappa shape index (κ2) is 7.44. The maximum Gasteiger partial charge on any atom is 0.267 e. The van der Waals surface area contributed by atoms with E-state index in [4.69, 9.17) is 0 Å². The number of para-hydroxylation sites is 1. The summed E-state index contributed by atoms with van der Waals surface area (Å²) in [6.45, 7) is 13.4. The molecule has 1 unspecified atom stereocenters. The van der Waals surface area contributed by atoms with Gasteiger partial charge in [0, 0.05) is 37.0 Å². The van der Waals surface area contributed by atoms with Crippen molar-refractivity contribution in [2.45, 2.75) is 57.5 Å². The zero-order valence-electron chi connectivity index (χ0n) is 16.1. The molecule has 0 fully saturated rings. The molecule has 0 saturated heterocycles. The fourth-order valence-corrected chi connectivity index (χ4v) is 7.86. The number of nitrogens with zero attached hydrogens (tertiary/aromatic N) is 1. The first-order valence-corrected chi connectivity index (χ1v) is 9.56. The minimum Gasteiger partial charge on any atom is -0.372 e. The van der Waals surface area contributed by atoms with Crippen LogP contribution in [0.1, 0.15) is 47.1 Å². The van der Waals surface area contributed by atoms with Crippen molar-refractivity contribution in [3.63, 3.8) is 0 Å². The molecule has 1 N–H and O–H groups in total. The minimum absolute atomic E-state index is 0. The molecular formula is C19H32NNiO2P. The quantitative estimate of drug-likeness (QED) is 0.465. The zero-order chi connectivity index (χ0) is 16.9. The normalized spacial score (nSPS) is 20.5. The van der Waals surface area contributed by atoms with Gasteiger partial charge in [0.1, 0.15) is 6.16 Å². The second-order valence-corrected chi connectivity index (χ2v) is 12.7. The molecular weight excluding hydrogens is 364 g/mol. The van der Waals surface area contributed by atoms with Gasteiger partial charge in [-0.05, 0) is 47.6 Å². The third-order valence-electron chi connectivity index (χ3n) is 4.61. The second-order valence-electron chi connectivity index (χ2n) is 8.40. The number of hydrogen-bond acceptors (Lipinski definition) is 2. The predicted molar refractivity (Wildman–Crippen MR) is 103 cm³/mol. The van der Waals surface area contributed by atoms with Gasteiger partial charge >= 0.3 is 0 Å². The summed E-state index contributed by atoms with van der Waals surface area (Å²) in [5.74, 6) is -0.190. The van der Waals surface area contributed by atoms with E-state index in [1.165, 1.54) is 0 Å². The molecule has 1 heterocycles. The molecule has 1 aliphatic rings. The van der Waals surface area contributed by atoms with Crippen molar-refractivity contribution in [2.24, 2.45) is 0 Å². The summed E-state index contributed by atoms with van der Waals surface area (Å²) >= 11 is 0. The van der Waals surface area contributed by atoms with Gasteiger partial charge in [0.2, 0.25) is 5.60 Å². The van der Waals surface area contributed by atoms with Crippen LogP contribution < -0.4 is 4.90 Å². The van der Waals surface area contributed by atoms with Crippen LogP contribution in [0, 0.1) is 7.43 Å². The Bertz CT molecular complexity index is 578. The van der Waals surface area contributed by atoms with Crippen LogP contribution in [0.25, 0.3) is 0 Å². The maximum atomic E-state index is 12.8. The summed E-state index contributed by atoms with van der Waals surface area (Å²) in [6, 6.07) is 7.61. The first kappa shape index (κ1) is 23.6. The van der Waals surface area contributed by atoms with E-state index in [1.54, 1.807) is 11.9 Å². The van der Waals surface area contributed by atoms with Crippen molar-refractivity contribution in [3.8, 4) is 0 Å². The molecule has 0 bridgehead atoms. The molecule has 5 heteroatoms. The van der Waals surface area contributed by atoms with E-state index >= 15 is 0 Å². The Labute approximate surface area is 158 Å². The zero-order valence-corrected chi connectivity index (χ0v) is 18.1. The van der Waals surface area contributed by atoms with Crippen molar-refractivity contribution >= 4 is 19.5 Å². The van der Waals surface area contributed by atoms with Crippen LogP contribution in [0.5, 0.6) is 0 Å². The SMILES string of the molecule is CN1C(=O)C(O)(C[PH+](C(C)(C)C)C(C)(C)C)c2ccccc21.[CH3-].[Ni]. The van der Waals surface area contributed by atoms with Gasteiger partial charge in [0.25, 0.3) is 5.91 Å². The Morgan fingerprint density at radius 1 is 1.08 bits per heavy atom. The number of rotatable bonds is 2. The molecule has 1 aliphatic heterocycles. The number of anilines is 1. The molecule has 1 atom stereocenters. The van der Waals surface area contributed by atoms with Gasteiger partial charge in [-0.2, -0.15) is 0 Å². The van der Waals surface area contributed by atoms with E-state index in [0.29, 0.717) is 6.16 Å². The molecule has 1 amide bonds. The van der Waals surface area contributed by atoms with E-state index in [9.17, 15) is 9.90 Å². The average molecular weight is 396 g/mol. The maximum absolute atomic E-state index is 12.8. The van der Waals surface area contributed by atoms with Crippen LogP contribution in [0.3, 0.4) is 0 Å². The number of benzene rings is 1. The van der Waals surface area contributed by atoms with E-state index < -0.39 is 13.5 Å². The molecule has 1 aromatic rings. The topological polar surface area (TPSA) is 40.5 Å². The number of likely N-dealkylation sites (N-methyl/N-ethyl adjacent to an activating group) is 1. The van der Waals surface area contributed by atoms with Gasteiger partial charge in [-0.3, -0.25) is 4.79 Å². The van der Waals surface area contributed by atoms with Crippen LogP contribution >= 0.6 is 7.92 Å². The Balaban J connectivity index is 0.00000264. The van der Waals surface area contributed by atoms with Crippen LogP contribution in [0.2, 0.25) is 0 Å². The monoisotopic (exact) mass is 395 g/mol. The van der Waals surface area contributed by atoms with Crippen molar-refractivity contribution in [1.29, 1.82) is 0 Å². The molecule has 0 aliphatic carbocycles. The third-order valence-corrected chi connectivity index (χ3v) is 9.10. The van der Waals surface area contributed by atoms with Crippen LogP contribution in [0.15, 0.2) is 24.3 Å². The van der Waals surface area contributed by atoms with E-state index in [2.05, 4.69) is 41.5 Å². The van der Waals surface area contributed by atoms with Crippen molar-refractivity contribution < 1.29 is 26.4 Å². The van der Waals surface area contributed by atoms with Crippen LogP contribution in [-0.4, -0.2) is 34.5 Å². The first-order chi connectivity index (χ1) is 9.89. The summed E-state index contributed by atoms with van der Waals surface area (Å²) in [7, 11) is 0.738. The smallest absolute Gasteiger partial charge is 0.267 e. The molecule has 0 spiro atoms. The first-order valence-electron chi connectivity index (χ1n) is 7.86. The van der Waals surface area contributed by atoms with Gasteiger partial charge in [0.15, 0.2) is 0 Å².